The van der Waals surface area contributed by atoms with Crippen LogP contribution in [0.25, 0.3) is 11.0 Å². The zero-order valence-electron chi connectivity index (χ0n) is 18.4. The van der Waals surface area contributed by atoms with Crippen LogP contribution in [0.5, 0.6) is 0 Å². The molecular weight excluding hydrogens is 424 g/mol. The summed E-state index contributed by atoms with van der Waals surface area (Å²) >= 11 is 5.90. The zero-order chi connectivity index (χ0) is 22.5. The number of hydrogen-bond donors (Lipinski definition) is 1. The number of nitrogens with one attached hydrogen (secondary N) is 1. The third-order valence-electron chi connectivity index (χ3n) is 6.11. The molecule has 2 amide bonds. The van der Waals surface area contributed by atoms with Crippen molar-refractivity contribution in [3.8, 4) is 0 Å². The first-order chi connectivity index (χ1) is 15.5. The maximum atomic E-state index is 13.0. The van der Waals surface area contributed by atoms with Gasteiger partial charge in [-0.25, -0.2) is 4.98 Å². The van der Waals surface area contributed by atoms with Gasteiger partial charge in [-0.3, -0.25) is 9.59 Å². The number of fused-ring (bicyclic) bond motifs is 1. The monoisotopic (exact) mass is 452 g/mol. The largest absolute Gasteiger partial charge is 0.355 e. The van der Waals surface area contributed by atoms with Crippen LogP contribution in [-0.4, -0.2) is 45.9 Å². The highest BCUT2D eigenvalue weighted by molar-refractivity contribution is 6.30. The normalized spacial score (nSPS) is 14.6. The lowest BCUT2D eigenvalue weighted by Gasteiger charge is -2.30. The van der Waals surface area contributed by atoms with Crippen molar-refractivity contribution in [3.63, 3.8) is 0 Å². The average Bonchev–Trinajstić information content (AvgIpc) is 3.13. The van der Waals surface area contributed by atoms with E-state index in [4.69, 9.17) is 16.6 Å². The maximum Gasteiger partial charge on any atom is 0.242 e. The van der Waals surface area contributed by atoms with Crippen molar-refractivity contribution in [2.24, 2.45) is 5.92 Å². The molecule has 1 aromatic heterocycles. The van der Waals surface area contributed by atoms with Crippen molar-refractivity contribution in [1.29, 1.82) is 0 Å². The van der Waals surface area contributed by atoms with E-state index in [0.717, 1.165) is 48.4 Å². The van der Waals surface area contributed by atoms with Gasteiger partial charge < -0.3 is 14.8 Å². The van der Waals surface area contributed by atoms with Gasteiger partial charge in [0.05, 0.1) is 17.5 Å². The summed E-state index contributed by atoms with van der Waals surface area (Å²) in [5.74, 6) is 1.58. The van der Waals surface area contributed by atoms with Crippen LogP contribution in [0.4, 0.5) is 0 Å². The van der Waals surface area contributed by atoms with Crippen LogP contribution in [0, 0.1) is 5.92 Å². The highest BCUT2D eigenvalue weighted by Crippen LogP contribution is 2.19. The molecular formula is C25H29ClN4O2. The molecule has 0 spiro atoms. The van der Waals surface area contributed by atoms with Gasteiger partial charge >= 0.3 is 0 Å². The molecule has 1 saturated heterocycles. The number of hydrogen-bond acceptors (Lipinski definition) is 3. The molecule has 6 nitrogen and oxygen atoms in total. The summed E-state index contributed by atoms with van der Waals surface area (Å²) in [6.07, 6.45) is 2.98. The Hall–Kier alpha value is -2.86. The summed E-state index contributed by atoms with van der Waals surface area (Å²) < 4.78 is 2.00. The van der Waals surface area contributed by atoms with E-state index in [9.17, 15) is 9.59 Å². The number of para-hydroxylation sites is 2. The average molecular weight is 453 g/mol. The minimum Gasteiger partial charge on any atom is -0.355 e. The number of likely N-dealkylation sites (tertiary alicyclic amines) is 1. The van der Waals surface area contributed by atoms with Gasteiger partial charge in [-0.05, 0) is 48.6 Å². The Morgan fingerprint density at radius 3 is 2.56 bits per heavy atom. The van der Waals surface area contributed by atoms with Crippen LogP contribution in [0.15, 0.2) is 48.5 Å². The van der Waals surface area contributed by atoms with Gasteiger partial charge in [-0.15, -0.1) is 0 Å². The topological polar surface area (TPSA) is 67.2 Å². The van der Waals surface area contributed by atoms with Crippen LogP contribution < -0.4 is 5.32 Å². The number of halogens is 1. The van der Waals surface area contributed by atoms with Gasteiger partial charge in [0.25, 0.3) is 0 Å². The van der Waals surface area contributed by atoms with Gasteiger partial charge in [0.15, 0.2) is 0 Å². The van der Waals surface area contributed by atoms with Crippen molar-refractivity contribution < 1.29 is 9.59 Å². The molecule has 4 rings (SSSR count). The molecule has 32 heavy (non-hydrogen) atoms. The number of carbonyl (C=O) groups is 2. The molecule has 0 radical (unpaired) electrons. The van der Waals surface area contributed by atoms with Crippen LogP contribution in [0.2, 0.25) is 5.02 Å². The molecule has 0 bridgehead atoms. The standard InChI is InChI=1S/C25H29ClN4O2/c1-18-11-14-29(15-12-18)25(32)17-30-22-5-3-2-4-21(22)28-23(30)10-13-27-24(31)16-19-6-8-20(26)9-7-19/h2-9,18H,10-17H2,1H3,(H,27,31). The van der Waals surface area contributed by atoms with Gasteiger partial charge in [-0.1, -0.05) is 42.8 Å². The summed E-state index contributed by atoms with van der Waals surface area (Å²) in [6.45, 7) is 4.63. The van der Waals surface area contributed by atoms with Crippen molar-refractivity contribution in [2.75, 3.05) is 19.6 Å². The molecule has 0 aliphatic carbocycles. The van der Waals surface area contributed by atoms with E-state index >= 15 is 0 Å². The summed E-state index contributed by atoms with van der Waals surface area (Å²) in [4.78, 5) is 32.0. The van der Waals surface area contributed by atoms with E-state index in [1.165, 1.54) is 0 Å². The predicted molar refractivity (Wildman–Crippen MR) is 127 cm³/mol. The van der Waals surface area contributed by atoms with Crippen molar-refractivity contribution >= 4 is 34.4 Å². The fraction of sp³-hybridized carbons (Fsp3) is 0.400. The zero-order valence-corrected chi connectivity index (χ0v) is 19.1. The van der Waals surface area contributed by atoms with Gasteiger partial charge in [0.1, 0.15) is 12.4 Å². The molecule has 1 aliphatic heterocycles. The predicted octanol–water partition coefficient (Wildman–Crippen LogP) is 3.85. The molecule has 0 saturated carbocycles. The molecule has 1 fully saturated rings. The van der Waals surface area contributed by atoms with Gasteiger partial charge in [0.2, 0.25) is 11.8 Å². The summed E-state index contributed by atoms with van der Waals surface area (Å²) in [5, 5.41) is 3.62. The molecule has 7 heteroatoms. The molecule has 1 aliphatic rings. The quantitative estimate of drug-likeness (QED) is 0.592. The second-order valence-electron chi connectivity index (χ2n) is 8.57. The number of benzene rings is 2. The number of piperidine rings is 1. The van der Waals surface area contributed by atoms with Gasteiger partial charge in [-0.2, -0.15) is 0 Å². The lowest BCUT2D eigenvalue weighted by atomic mass is 9.99. The number of carbonyl (C=O) groups excluding carboxylic acids is 2. The van der Waals surface area contributed by atoms with Crippen LogP contribution in [-0.2, 0) is 29.0 Å². The first-order valence-corrected chi connectivity index (χ1v) is 11.6. The van der Waals surface area contributed by atoms with E-state index in [1.807, 2.05) is 45.9 Å². The van der Waals surface area contributed by atoms with Crippen LogP contribution in [0.3, 0.4) is 0 Å². The van der Waals surface area contributed by atoms with Crippen molar-refractivity contribution in [2.45, 2.75) is 39.2 Å². The Morgan fingerprint density at radius 2 is 1.81 bits per heavy atom. The Kier molecular flexibility index (Phi) is 7.10. The Bertz CT molecular complexity index is 1090. The molecule has 3 aromatic rings. The Labute approximate surface area is 193 Å². The van der Waals surface area contributed by atoms with E-state index in [-0.39, 0.29) is 18.4 Å². The molecule has 2 aromatic carbocycles. The summed E-state index contributed by atoms with van der Waals surface area (Å²) in [5.41, 5.74) is 2.74. The molecule has 2 heterocycles. The lowest BCUT2D eigenvalue weighted by Crippen LogP contribution is -2.40. The van der Waals surface area contributed by atoms with E-state index < -0.39 is 0 Å². The minimum absolute atomic E-state index is 0.0477. The molecule has 168 valence electrons. The summed E-state index contributed by atoms with van der Waals surface area (Å²) in [6, 6.07) is 15.1. The number of imidazole rings is 1. The number of rotatable bonds is 7. The third-order valence-corrected chi connectivity index (χ3v) is 6.36. The van der Waals surface area contributed by atoms with E-state index in [1.54, 1.807) is 12.1 Å². The smallest absolute Gasteiger partial charge is 0.242 e. The minimum atomic E-state index is -0.0477. The van der Waals surface area contributed by atoms with E-state index in [2.05, 4.69) is 12.2 Å². The molecule has 0 atom stereocenters. The Balaban J connectivity index is 1.40. The molecule has 1 N–H and O–H groups in total. The number of aromatic nitrogens is 2. The van der Waals surface area contributed by atoms with E-state index in [0.29, 0.717) is 30.3 Å². The number of nitrogens with zero attached hydrogens (tertiary/aromatic N) is 3. The first-order valence-electron chi connectivity index (χ1n) is 11.2. The fourth-order valence-electron chi connectivity index (χ4n) is 4.15. The molecule has 0 unspecified atom stereocenters. The van der Waals surface area contributed by atoms with Crippen molar-refractivity contribution in [3.05, 3.63) is 64.9 Å². The second kappa shape index (κ2) is 10.2. The van der Waals surface area contributed by atoms with Gasteiger partial charge in [0, 0.05) is 31.1 Å². The Morgan fingerprint density at radius 1 is 1.09 bits per heavy atom. The summed E-state index contributed by atoms with van der Waals surface area (Å²) in [7, 11) is 0. The first kappa shape index (κ1) is 22.3. The van der Waals surface area contributed by atoms with Crippen molar-refractivity contribution in [1.82, 2.24) is 19.8 Å². The second-order valence-corrected chi connectivity index (χ2v) is 9.01. The van der Waals surface area contributed by atoms with Crippen LogP contribution in [0.1, 0.15) is 31.2 Å². The maximum absolute atomic E-state index is 13.0. The van der Waals surface area contributed by atoms with Crippen LogP contribution >= 0.6 is 11.6 Å². The highest BCUT2D eigenvalue weighted by atomic mass is 35.5. The lowest BCUT2D eigenvalue weighted by molar-refractivity contribution is -0.133. The third kappa shape index (κ3) is 5.49. The highest BCUT2D eigenvalue weighted by Gasteiger charge is 2.22. The SMILES string of the molecule is CC1CCN(C(=O)Cn2c(CCNC(=O)Cc3ccc(Cl)cc3)nc3ccccc32)CC1. The fourth-order valence-corrected chi connectivity index (χ4v) is 4.28. The number of amides is 2.